The van der Waals surface area contributed by atoms with Gasteiger partial charge in [-0.3, -0.25) is 4.98 Å². The molecule has 1 aromatic carbocycles. The third kappa shape index (κ3) is 3.70. The Bertz CT molecular complexity index is 855. The molecule has 0 amide bonds. The van der Waals surface area contributed by atoms with Gasteiger partial charge in [0.1, 0.15) is 0 Å². The van der Waals surface area contributed by atoms with E-state index in [2.05, 4.69) is 41.7 Å². The molecule has 0 bridgehead atoms. The van der Waals surface area contributed by atoms with Gasteiger partial charge in [0.2, 0.25) is 0 Å². The molecule has 2 aromatic rings. The lowest BCUT2D eigenvalue weighted by atomic mass is 9.68. The summed E-state index contributed by atoms with van der Waals surface area (Å²) in [6.45, 7) is 1.81. The van der Waals surface area contributed by atoms with E-state index in [9.17, 15) is 0 Å². The molecule has 1 N–H and O–H groups in total. The van der Waals surface area contributed by atoms with Gasteiger partial charge < -0.3 is 14.8 Å². The number of aromatic nitrogens is 1. The summed E-state index contributed by atoms with van der Waals surface area (Å²) in [5, 5.41) is 3.87. The molecule has 30 heavy (non-hydrogen) atoms. The van der Waals surface area contributed by atoms with Crippen LogP contribution in [0.4, 0.5) is 0 Å². The zero-order valence-electron chi connectivity index (χ0n) is 18.1. The van der Waals surface area contributed by atoms with Crippen LogP contribution < -0.4 is 5.32 Å². The van der Waals surface area contributed by atoms with Crippen molar-refractivity contribution in [2.45, 2.75) is 74.5 Å². The van der Waals surface area contributed by atoms with Gasteiger partial charge in [0.05, 0.1) is 17.7 Å². The van der Waals surface area contributed by atoms with Crippen molar-refractivity contribution < 1.29 is 10.9 Å². The zero-order chi connectivity index (χ0) is 20.4. The zero-order valence-corrected chi connectivity index (χ0v) is 18.1. The van der Waals surface area contributed by atoms with E-state index < -0.39 is 0 Å². The fourth-order valence-corrected chi connectivity index (χ4v) is 6.28. The number of fused-ring (bicyclic) bond motifs is 1. The standard InChI is InChI=1S/C26H34N2O2.H2/c1-29-22-18-20-8-2-3-9-21(20)24(22)28-16-13-25(23-10-4-7-15-27-23)14-17-30-26(19-25)11-5-6-12-26;/h2-4,7-10,15,22,24,28H,5-6,11-14,16-19H2,1H3;1H/t22-,24-,25-;/m1./s1. The Labute approximate surface area is 181 Å². The molecule has 1 saturated carbocycles. The fourth-order valence-electron chi connectivity index (χ4n) is 6.28. The van der Waals surface area contributed by atoms with Crippen LogP contribution >= 0.6 is 0 Å². The van der Waals surface area contributed by atoms with E-state index in [4.69, 9.17) is 14.5 Å². The first kappa shape index (κ1) is 20.2. The molecule has 4 heteroatoms. The number of ether oxygens (including phenoxy) is 2. The van der Waals surface area contributed by atoms with Gasteiger partial charge in [-0.05, 0) is 61.9 Å². The Hall–Kier alpha value is -1.75. The maximum Gasteiger partial charge on any atom is 0.0806 e. The molecule has 2 aliphatic carbocycles. The molecule has 2 heterocycles. The van der Waals surface area contributed by atoms with Crippen LogP contribution in [0.25, 0.3) is 0 Å². The Morgan fingerprint density at radius 2 is 1.97 bits per heavy atom. The molecule has 4 nitrogen and oxygen atoms in total. The molecule has 3 aliphatic rings. The average Bonchev–Trinajstić information content (AvgIpc) is 3.39. The quantitative estimate of drug-likeness (QED) is 0.732. The van der Waals surface area contributed by atoms with E-state index in [1.165, 1.54) is 42.5 Å². The second-order valence-corrected chi connectivity index (χ2v) is 9.52. The lowest BCUT2D eigenvalue weighted by molar-refractivity contribution is -0.104. The Morgan fingerprint density at radius 3 is 2.77 bits per heavy atom. The van der Waals surface area contributed by atoms with Gasteiger partial charge in [0, 0.05) is 38.9 Å². The van der Waals surface area contributed by atoms with E-state index in [1.54, 1.807) is 0 Å². The third-order valence-electron chi connectivity index (χ3n) is 7.83. The van der Waals surface area contributed by atoms with Crippen LogP contribution in [0.5, 0.6) is 0 Å². The minimum atomic E-state index is 0. The molecular formula is C26H36N2O2. The topological polar surface area (TPSA) is 43.4 Å². The van der Waals surface area contributed by atoms with E-state index in [1.807, 2.05) is 19.4 Å². The number of rotatable bonds is 6. The molecule has 2 fully saturated rings. The third-order valence-corrected chi connectivity index (χ3v) is 7.83. The molecule has 0 radical (unpaired) electrons. The van der Waals surface area contributed by atoms with Crippen molar-refractivity contribution >= 4 is 0 Å². The van der Waals surface area contributed by atoms with E-state index in [-0.39, 0.29) is 24.6 Å². The Morgan fingerprint density at radius 1 is 1.13 bits per heavy atom. The monoisotopic (exact) mass is 408 g/mol. The molecule has 1 aliphatic heterocycles. The smallest absolute Gasteiger partial charge is 0.0806 e. The van der Waals surface area contributed by atoms with E-state index in [0.29, 0.717) is 0 Å². The average molecular weight is 409 g/mol. The highest BCUT2D eigenvalue weighted by atomic mass is 16.5. The molecule has 1 saturated heterocycles. The van der Waals surface area contributed by atoms with Gasteiger partial charge >= 0.3 is 0 Å². The van der Waals surface area contributed by atoms with Crippen LogP contribution in [0.2, 0.25) is 0 Å². The van der Waals surface area contributed by atoms with E-state index in [0.717, 1.165) is 38.8 Å². The number of pyridine rings is 1. The van der Waals surface area contributed by atoms with Gasteiger partial charge in [-0.25, -0.2) is 0 Å². The van der Waals surface area contributed by atoms with Crippen molar-refractivity contribution in [3.05, 3.63) is 65.5 Å². The van der Waals surface area contributed by atoms with Crippen LogP contribution in [0.15, 0.2) is 48.7 Å². The number of nitrogens with zero attached hydrogens (tertiary/aromatic N) is 1. The van der Waals surface area contributed by atoms with Gasteiger partial charge in [0.15, 0.2) is 0 Å². The molecule has 0 unspecified atom stereocenters. The predicted molar refractivity (Wildman–Crippen MR) is 121 cm³/mol. The summed E-state index contributed by atoms with van der Waals surface area (Å²) in [6.07, 6.45) is 11.4. The normalized spacial score (nSPS) is 29.9. The summed E-state index contributed by atoms with van der Waals surface area (Å²) < 4.78 is 12.2. The van der Waals surface area contributed by atoms with Gasteiger partial charge in [0.25, 0.3) is 0 Å². The maximum absolute atomic E-state index is 6.40. The summed E-state index contributed by atoms with van der Waals surface area (Å²) >= 11 is 0. The van der Waals surface area contributed by atoms with Crippen molar-refractivity contribution in [1.82, 2.24) is 10.3 Å². The van der Waals surface area contributed by atoms with Crippen molar-refractivity contribution in [2.75, 3.05) is 20.3 Å². The van der Waals surface area contributed by atoms with Crippen molar-refractivity contribution in [2.24, 2.45) is 0 Å². The van der Waals surface area contributed by atoms with Gasteiger partial charge in [-0.2, -0.15) is 0 Å². The van der Waals surface area contributed by atoms with Crippen LogP contribution in [0.3, 0.4) is 0 Å². The molecule has 1 aromatic heterocycles. The summed E-state index contributed by atoms with van der Waals surface area (Å²) in [6, 6.07) is 15.4. The minimum Gasteiger partial charge on any atom is -0.379 e. The summed E-state index contributed by atoms with van der Waals surface area (Å²) in [5.74, 6) is 0. The van der Waals surface area contributed by atoms with Crippen LogP contribution in [0, 0.1) is 0 Å². The largest absolute Gasteiger partial charge is 0.379 e. The number of nitrogens with one attached hydrogen (secondary N) is 1. The van der Waals surface area contributed by atoms with Gasteiger partial charge in [-0.15, -0.1) is 0 Å². The minimum absolute atomic E-state index is 0. The number of hydrogen-bond donors (Lipinski definition) is 1. The Kier molecular flexibility index (Phi) is 5.65. The number of methoxy groups -OCH3 is 1. The summed E-state index contributed by atoms with van der Waals surface area (Å²) in [7, 11) is 1.84. The van der Waals surface area contributed by atoms with Crippen molar-refractivity contribution in [3.8, 4) is 0 Å². The highest BCUT2D eigenvalue weighted by molar-refractivity contribution is 5.36. The van der Waals surface area contributed by atoms with E-state index >= 15 is 0 Å². The lowest BCUT2D eigenvalue weighted by Gasteiger charge is -2.46. The first-order valence-corrected chi connectivity index (χ1v) is 11.6. The molecule has 3 atom stereocenters. The Balaban J connectivity index is 0.00000231. The second kappa shape index (κ2) is 8.41. The number of hydrogen-bond acceptors (Lipinski definition) is 4. The highest BCUT2D eigenvalue weighted by Crippen LogP contribution is 2.49. The number of benzene rings is 1. The summed E-state index contributed by atoms with van der Waals surface area (Å²) in [4.78, 5) is 4.84. The van der Waals surface area contributed by atoms with Crippen molar-refractivity contribution in [3.63, 3.8) is 0 Å². The molecule has 5 rings (SSSR count). The second-order valence-electron chi connectivity index (χ2n) is 9.52. The summed E-state index contributed by atoms with van der Waals surface area (Å²) in [5.41, 5.74) is 4.23. The predicted octanol–water partition coefficient (Wildman–Crippen LogP) is 4.98. The maximum atomic E-state index is 6.40. The molecule has 1 spiro atoms. The van der Waals surface area contributed by atoms with Crippen molar-refractivity contribution in [1.29, 1.82) is 0 Å². The molecular weight excluding hydrogens is 372 g/mol. The highest BCUT2D eigenvalue weighted by Gasteiger charge is 2.48. The first-order valence-electron chi connectivity index (χ1n) is 11.6. The van der Waals surface area contributed by atoms with Gasteiger partial charge in [-0.1, -0.05) is 43.2 Å². The SMILES string of the molecule is CO[C@@H]1Cc2ccccc2[C@H]1NCC[C@@]1(c2ccccn2)CCOC2(CCCC2)C1.[HH]. The first-order chi connectivity index (χ1) is 14.7. The van der Waals surface area contributed by atoms with Crippen LogP contribution in [-0.4, -0.2) is 37.0 Å². The molecule has 162 valence electrons. The lowest BCUT2D eigenvalue weighted by Crippen LogP contribution is -2.47. The fraction of sp³-hybridized carbons (Fsp3) is 0.577. The van der Waals surface area contributed by atoms with Crippen LogP contribution in [0.1, 0.15) is 69.2 Å². The van der Waals surface area contributed by atoms with Crippen LogP contribution in [-0.2, 0) is 21.3 Å².